The molecule has 8 aromatic heterocycles. The Morgan fingerprint density at radius 1 is 0.348 bits per heavy atom. The van der Waals surface area contributed by atoms with Crippen LogP contribution in [0.3, 0.4) is 0 Å². The number of rotatable bonds is 12. The van der Waals surface area contributed by atoms with Gasteiger partial charge in [-0.25, -0.2) is 28.0 Å². The number of aryl methyl sites for hydroxylation is 7. The maximum absolute atomic E-state index is 10.1. The van der Waals surface area contributed by atoms with Gasteiger partial charge in [-0.05, 0) is 260 Å². The molecule has 22 rings (SSSR count). The number of para-hydroxylation sites is 2. The monoisotopic (exact) mass is 1730 g/mol. The fraction of sp³-hybridized carbons (Fsp3) is 0.267. The zero-order chi connectivity index (χ0) is 91.9. The van der Waals surface area contributed by atoms with Gasteiger partial charge in [0.05, 0.1) is 74.1 Å². The molecule has 0 radical (unpaired) electrons. The molecule has 12 nitrogen and oxygen atoms in total. The third-order valence-corrected chi connectivity index (χ3v) is 28.8. The summed E-state index contributed by atoms with van der Waals surface area (Å²) in [4.78, 5) is 7.27. The highest BCUT2D eigenvalue weighted by molar-refractivity contribution is 6.19. The molecular formula is C120H112N8O4+4. The molecule has 12 aromatic carbocycles. The highest BCUT2D eigenvalue weighted by atomic mass is 16.3. The van der Waals surface area contributed by atoms with Crippen molar-refractivity contribution in [3.05, 3.63) is 320 Å². The second-order valence-corrected chi connectivity index (χ2v) is 38.5. The summed E-state index contributed by atoms with van der Waals surface area (Å²) in [5.74, 6) is 2.91. The van der Waals surface area contributed by atoms with E-state index in [1.165, 1.54) is 163 Å². The van der Waals surface area contributed by atoms with E-state index in [4.69, 9.17) is 30.8 Å². The van der Waals surface area contributed by atoms with Crippen LogP contribution < -0.4 is 18.3 Å². The highest BCUT2D eigenvalue weighted by Crippen LogP contribution is 2.49. The minimum Gasteiger partial charge on any atom is -0.466 e. The lowest BCUT2D eigenvalue weighted by atomic mass is 9.89. The molecule has 0 bridgehead atoms. The molecule has 0 aliphatic heterocycles. The van der Waals surface area contributed by atoms with Gasteiger partial charge in [0.1, 0.15) is 73.3 Å². The van der Waals surface area contributed by atoms with Crippen molar-refractivity contribution in [2.24, 2.45) is 51.9 Å². The molecule has 0 amide bonds. The standard InChI is InChI=1S/2C31H29N2O.2C29H27N2O/c1-19-20(2)28(31-29(26(19)18-32)25-10-6-7-11-27(25)34-31)30-24-13-12-22(16-21-8-4-5-9-21)17-23(24)14-15-33(30)3;1-19-15-26-29-24(18-32)9-6-10-27(29)34-31(26)28(20(19)2)30-25-12-11-22(16-21-7-4-5-8-21)17-23(25)13-14-33(30)3;1-17(2)13-20-7-9-23-21(15-20)11-12-31(6)28(23)27-19(4)18(3)14-25-24-10-8-22(30-5)16-26(24)32-29(25)27;1-17(2)14-20-10-11-22-21(16-20)12-13-31(6)27(22)26-19(4)18(3)15-24-23-8-7-9-25(30-5)28(23)32-29(24)26/h6-7,10-15,17,21H,4-5,8-9,16H2,1-3H3;6,9-15,17,21H,4-5,7-8,16H2,1-3H3;7-12,14-17H,13H2,1-4,6H3;7-13,15-17H,14H2,1-4,6H3/q4*+1. The number of nitriles is 2. The predicted molar refractivity (Wildman–Crippen MR) is 540 cm³/mol. The quantitative estimate of drug-likeness (QED) is 0.0886. The zero-order valence-corrected chi connectivity index (χ0v) is 78.8. The Hall–Kier alpha value is -14.6. The molecule has 132 heavy (non-hydrogen) atoms. The van der Waals surface area contributed by atoms with Crippen LogP contribution in [0.2, 0.25) is 0 Å². The van der Waals surface area contributed by atoms with Crippen LogP contribution >= 0.6 is 0 Å². The van der Waals surface area contributed by atoms with Gasteiger partial charge < -0.3 is 17.7 Å². The van der Waals surface area contributed by atoms with E-state index >= 15 is 0 Å². The van der Waals surface area contributed by atoms with Gasteiger partial charge in [0.15, 0.2) is 36.1 Å². The fourth-order valence-electron chi connectivity index (χ4n) is 21.7. The number of nitrogens with zero attached hydrogens (tertiary/aromatic N) is 8. The van der Waals surface area contributed by atoms with E-state index in [1.54, 1.807) is 0 Å². The average Bonchev–Trinajstić information content (AvgIpc) is 1.57. The van der Waals surface area contributed by atoms with Gasteiger partial charge in [-0.2, -0.15) is 10.5 Å². The van der Waals surface area contributed by atoms with Crippen molar-refractivity contribution in [2.75, 3.05) is 0 Å². The Morgan fingerprint density at radius 2 is 0.758 bits per heavy atom. The first-order chi connectivity index (χ1) is 63.9. The molecule has 0 saturated heterocycles. The van der Waals surface area contributed by atoms with Gasteiger partial charge in [0.25, 0.3) is 0 Å². The van der Waals surface area contributed by atoms with E-state index in [9.17, 15) is 10.5 Å². The molecule has 652 valence electrons. The van der Waals surface area contributed by atoms with Crippen LogP contribution in [0.1, 0.15) is 157 Å². The number of benzene rings is 12. The Labute approximate surface area is 772 Å². The number of furan rings is 4. The summed E-state index contributed by atoms with van der Waals surface area (Å²) >= 11 is 0. The first-order valence-electron chi connectivity index (χ1n) is 46.9. The zero-order valence-electron chi connectivity index (χ0n) is 78.8. The Balaban J connectivity index is 0.000000114. The summed E-state index contributed by atoms with van der Waals surface area (Å²) in [5.41, 5.74) is 33.0. The van der Waals surface area contributed by atoms with Gasteiger partial charge >= 0.3 is 0 Å². The second-order valence-electron chi connectivity index (χ2n) is 38.5. The van der Waals surface area contributed by atoms with E-state index in [1.807, 2.05) is 66.7 Å². The van der Waals surface area contributed by atoms with Crippen LogP contribution in [-0.4, -0.2) is 0 Å². The van der Waals surface area contributed by atoms with Crippen LogP contribution in [-0.2, 0) is 53.9 Å². The van der Waals surface area contributed by atoms with Gasteiger partial charge in [-0.15, -0.1) is 0 Å². The maximum Gasteiger partial charge on any atom is 0.229 e. The number of hydrogen-bond acceptors (Lipinski definition) is 6. The molecule has 20 aromatic rings. The minimum atomic E-state index is 0.556. The van der Waals surface area contributed by atoms with E-state index in [0.29, 0.717) is 39.9 Å². The summed E-state index contributed by atoms with van der Waals surface area (Å²) in [5, 5.41) is 37.8. The van der Waals surface area contributed by atoms with Crippen LogP contribution in [0.25, 0.3) is 186 Å². The van der Waals surface area contributed by atoms with Crippen LogP contribution in [0.4, 0.5) is 11.4 Å². The number of hydrogen-bond donors (Lipinski definition) is 0. The lowest BCUT2D eigenvalue weighted by Gasteiger charge is -2.14. The predicted octanol–water partition coefficient (Wildman–Crippen LogP) is 30.1. The second kappa shape index (κ2) is 35.4. The van der Waals surface area contributed by atoms with Crippen molar-refractivity contribution in [1.29, 1.82) is 10.5 Å². The van der Waals surface area contributed by atoms with Crippen molar-refractivity contribution in [3.8, 4) is 57.2 Å². The average molecular weight is 1730 g/mol. The van der Waals surface area contributed by atoms with Gasteiger partial charge in [-0.1, -0.05) is 182 Å². The van der Waals surface area contributed by atoms with Crippen LogP contribution in [0.15, 0.2) is 237 Å². The molecule has 2 fully saturated rings. The van der Waals surface area contributed by atoms with Crippen molar-refractivity contribution in [1.82, 2.24) is 0 Å². The molecule has 0 atom stereocenters. The number of aromatic nitrogens is 4. The summed E-state index contributed by atoms with van der Waals surface area (Å²) in [6, 6.07) is 73.2. The Kier molecular flexibility index (Phi) is 23.3. The van der Waals surface area contributed by atoms with Gasteiger partial charge in [-0.3, -0.25) is 0 Å². The van der Waals surface area contributed by atoms with E-state index in [0.717, 1.165) is 163 Å². The molecule has 0 N–H and O–H groups in total. The summed E-state index contributed by atoms with van der Waals surface area (Å²) in [7, 11) is 8.41. The smallest absolute Gasteiger partial charge is 0.229 e. The molecule has 0 unspecified atom stereocenters. The SMILES string of the molecule is Cc1c(C)c(C#N)c2c(oc3ccccc32)c1-c1c2ccc(CC3CCCC3)cc2cc[n+]1C.Cc1cc2c(oc3cccc(C#N)c32)c(-c2c3ccc(CC4CCCC4)cc3cc[n+]2C)c1C.[C-]#[N+]c1ccc2c(c1)oc1c(-c3c4ccc(CC(C)C)cc4cc[n+]3C)c(C)c(C)cc12.[C-]#[N+]c1cccc2c1oc1c(-c3c4ccc(CC(C)C)cc4cc[n+]3C)c(C)c(C)cc12. The van der Waals surface area contributed by atoms with E-state index < -0.39 is 0 Å². The van der Waals surface area contributed by atoms with Crippen molar-refractivity contribution in [2.45, 2.75) is 160 Å². The first-order valence-corrected chi connectivity index (χ1v) is 46.9. The largest absolute Gasteiger partial charge is 0.466 e. The fourth-order valence-corrected chi connectivity index (χ4v) is 21.7. The first kappa shape index (κ1) is 86.8. The molecule has 8 heterocycles. The molecule has 0 spiro atoms. The Morgan fingerprint density at radius 3 is 1.23 bits per heavy atom. The lowest BCUT2D eigenvalue weighted by molar-refractivity contribution is -0.659. The normalized spacial score (nSPS) is 13.1. The molecule has 2 aliphatic carbocycles. The van der Waals surface area contributed by atoms with Crippen LogP contribution in [0.5, 0.6) is 0 Å². The Bertz CT molecular complexity index is 8330. The number of pyridine rings is 4. The molecule has 12 heteroatoms. The summed E-state index contributed by atoms with van der Waals surface area (Å²) < 4.78 is 34.6. The highest BCUT2D eigenvalue weighted by Gasteiger charge is 2.33. The third-order valence-electron chi connectivity index (χ3n) is 28.8. The molecular weight excluding hydrogens is 1620 g/mol. The lowest BCUT2D eigenvalue weighted by Crippen LogP contribution is -2.31. The molecule has 2 aliphatic rings. The maximum atomic E-state index is 10.1. The van der Waals surface area contributed by atoms with E-state index in [-0.39, 0.29) is 0 Å². The minimum absolute atomic E-state index is 0.556. The topological polar surface area (TPSA) is 124 Å². The summed E-state index contributed by atoms with van der Waals surface area (Å²) in [6.07, 6.45) is 24.1. The van der Waals surface area contributed by atoms with Crippen molar-refractivity contribution >= 4 is 142 Å². The summed E-state index contributed by atoms with van der Waals surface area (Å²) in [6.45, 7) is 41.1. The van der Waals surface area contributed by atoms with Gasteiger partial charge in [0.2, 0.25) is 28.5 Å². The van der Waals surface area contributed by atoms with Crippen molar-refractivity contribution in [3.63, 3.8) is 0 Å². The molecule has 2 saturated carbocycles. The third kappa shape index (κ3) is 15.6. The van der Waals surface area contributed by atoms with Gasteiger partial charge in [0, 0.05) is 67.4 Å². The van der Waals surface area contributed by atoms with Crippen molar-refractivity contribution < 1.29 is 35.9 Å². The van der Waals surface area contributed by atoms with Crippen LogP contribution in [0, 0.1) is 115 Å². The number of fused-ring (bicyclic) bond motifs is 16. The van der Waals surface area contributed by atoms with E-state index in [2.05, 4.69) is 304 Å².